The fraction of sp³-hybridized carbons (Fsp3) is 0.435. The molecule has 0 saturated carbocycles. The van der Waals surface area contributed by atoms with Crippen LogP contribution in [0.25, 0.3) is 0 Å². The first-order valence-corrected chi connectivity index (χ1v) is 10.2. The van der Waals surface area contributed by atoms with E-state index in [9.17, 15) is 9.90 Å². The first kappa shape index (κ1) is 21.1. The summed E-state index contributed by atoms with van der Waals surface area (Å²) in [5.74, 6) is 2.21. The van der Waals surface area contributed by atoms with Gasteiger partial charge in [-0.05, 0) is 49.7 Å². The van der Waals surface area contributed by atoms with Crippen molar-refractivity contribution in [3.63, 3.8) is 0 Å². The SMILES string of the molecule is COc1cc(OC)c(C(c2ccc3c(c2)OCO3)N2CCC(C(=O)O)CC2)cc1OC. The van der Waals surface area contributed by atoms with Gasteiger partial charge in [-0.15, -0.1) is 0 Å². The maximum Gasteiger partial charge on any atom is 0.306 e. The standard InChI is InChI=1S/C23H27NO7/c1-27-18-12-20(29-3)19(28-2)11-16(18)22(24-8-6-14(7-9-24)23(25)26)15-4-5-17-21(10-15)31-13-30-17/h4-5,10-12,14,22H,6-9,13H2,1-3H3,(H,25,26). The van der Waals surface area contributed by atoms with E-state index in [4.69, 9.17) is 23.7 Å². The molecule has 1 atom stereocenters. The average molecular weight is 429 g/mol. The van der Waals surface area contributed by atoms with Gasteiger partial charge >= 0.3 is 5.97 Å². The lowest BCUT2D eigenvalue weighted by molar-refractivity contribution is -0.143. The molecule has 0 aromatic heterocycles. The second-order valence-corrected chi connectivity index (χ2v) is 7.61. The number of carboxylic acids is 1. The number of hydrogen-bond donors (Lipinski definition) is 1. The number of methoxy groups -OCH3 is 3. The maximum absolute atomic E-state index is 11.5. The predicted molar refractivity (Wildman–Crippen MR) is 112 cm³/mol. The topological polar surface area (TPSA) is 86.7 Å². The van der Waals surface area contributed by atoms with Crippen LogP contribution >= 0.6 is 0 Å². The summed E-state index contributed by atoms with van der Waals surface area (Å²) in [4.78, 5) is 13.7. The van der Waals surface area contributed by atoms with E-state index in [2.05, 4.69) is 4.90 Å². The van der Waals surface area contributed by atoms with Crippen molar-refractivity contribution in [3.8, 4) is 28.7 Å². The fourth-order valence-corrected chi connectivity index (χ4v) is 4.34. The van der Waals surface area contributed by atoms with Crippen LogP contribution in [0.15, 0.2) is 30.3 Å². The summed E-state index contributed by atoms with van der Waals surface area (Å²) in [7, 11) is 4.81. The van der Waals surface area contributed by atoms with Crippen LogP contribution in [0.1, 0.15) is 30.0 Å². The van der Waals surface area contributed by atoms with Gasteiger partial charge in [-0.25, -0.2) is 0 Å². The first-order chi connectivity index (χ1) is 15.0. The number of likely N-dealkylation sites (tertiary alicyclic amines) is 1. The van der Waals surface area contributed by atoms with E-state index in [1.165, 1.54) is 0 Å². The van der Waals surface area contributed by atoms with Crippen molar-refractivity contribution >= 4 is 5.97 Å². The summed E-state index contributed by atoms with van der Waals surface area (Å²) in [6.07, 6.45) is 1.18. The Morgan fingerprint density at radius 3 is 2.26 bits per heavy atom. The van der Waals surface area contributed by atoms with Gasteiger partial charge in [-0.2, -0.15) is 0 Å². The number of rotatable bonds is 7. The molecule has 2 aliphatic rings. The van der Waals surface area contributed by atoms with E-state index in [0.29, 0.717) is 54.7 Å². The lowest BCUT2D eigenvalue weighted by Crippen LogP contribution is -2.39. The highest BCUT2D eigenvalue weighted by atomic mass is 16.7. The molecule has 4 rings (SSSR count). The van der Waals surface area contributed by atoms with E-state index in [1.54, 1.807) is 21.3 Å². The Balaban J connectivity index is 1.79. The summed E-state index contributed by atoms with van der Waals surface area (Å²) in [6, 6.07) is 9.46. The highest BCUT2D eigenvalue weighted by Crippen LogP contribution is 2.44. The van der Waals surface area contributed by atoms with Crippen LogP contribution in [0, 0.1) is 5.92 Å². The Morgan fingerprint density at radius 1 is 0.968 bits per heavy atom. The Hall–Kier alpha value is -3.13. The van der Waals surface area contributed by atoms with Crippen molar-refractivity contribution in [1.29, 1.82) is 0 Å². The van der Waals surface area contributed by atoms with Crippen molar-refractivity contribution in [2.45, 2.75) is 18.9 Å². The summed E-state index contributed by atoms with van der Waals surface area (Å²) < 4.78 is 27.8. The van der Waals surface area contributed by atoms with Crippen LogP contribution in [0.3, 0.4) is 0 Å². The van der Waals surface area contributed by atoms with Gasteiger partial charge in [0, 0.05) is 11.6 Å². The summed E-state index contributed by atoms with van der Waals surface area (Å²) in [5.41, 5.74) is 1.91. The zero-order chi connectivity index (χ0) is 22.0. The summed E-state index contributed by atoms with van der Waals surface area (Å²) >= 11 is 0. The van der Waals surface area contributed by atoms with Crippen LogP contribution in [-0.2, 0) is 4.79 Å². The zero-order valence-electron chi connectivity index (χ0n) is 17.9. The van der Waals surface area contributed by atoms with Gasteiger partial charge in [-0.3, -0.25) is 9.69 Å². The molecule has 8 nitrogen and oxygen atoms in total. The molecule has 2 aromatic carbocycles. The van der Waals surface area contributed by atoms with E-state index in [-0.39, 0.29) is 18.8 Å². The van der Waals surface area contributed by atoms with Crippen molar-refractivity contribution in [2.75, 3.05) is 41.2 Å². The molecule has 0 spiro atoms. The van der Waals surface area contributed by atoms with Crippen molar-refractivity contribution in [1.82, 2.24) is 4.90 Å². The molecular formula is C23H27NO7. The molecule has 0 bridgehead atoms. The van der Waals surface area contributed by atoms with E-state index < -0.39 is 5.97 Å². The third kappa shape index (κ3) is 4.07. The largest absolute Gasteiger partial charge is 0.496 e. The Bertz CT molecular complexity index is 953. The molecule has 2 heterocycles. The highest BCUT2D eigenvalue weighted by Gasteiger charge is 2.33. The minimum absolute atomic E-state index is 0.181. The molecule has 2 aliphatic heterocycles. The summed E-state index contributed by atoms with van der Waals surface area (Å²) in [6.45, 7) is 1.49. The Morgan fingerprint density at radius 2 is 1.61 bits per heavy atom. The normalized spacial score (nSPS) is 17.3. The lowest BCUT2D eigenvalue weighted by atomic mass is 9.90. The smallest absolute Gasteiger partial charge is 0.306 e. The minimum atomic E-state index is -0.733. The molecule has 0 radical (unpaired) electrons. The number of nitrogens with zero attached hydrogens (tertiary/aromatic N) is 1. The van der Waals surface area contributed by atoms with Crippen LogP contribution < -0.4 is 23.7 Å². The molecule has 1 fully saturated rings. The number of hydrogen-bond acceptors (Lipinski definition) is 7. The van der Waals surface area contributed by atoms with Gasteiger partial charge in [0.05, 0.1) is 33.3 Å². The molecule has 1 saturated heterocycles. The maximum atomic E-state index is 11.5. The minimum Gasteiger partial charge on any atom is -0.496 e. The molecule has 0 aliphatic carbocycles. The van der Waals surface area contributed by atoms with Crippen molar-refractivity contribution in [2.24, 2.45) is 5.92 Å². The van der Waals surface area contributed by atoms with Gasteiger partial charge in [0.2, 0.25) is 6.79 Å². The molecule has 0 amide bonds. The number of piperidine rings is 1. The second kappa shape index (κ2) is 8.93. The lowest BCUT2D eigenvalue weighted by Gasteiger charge is -2.37. The van der Waals surface area contributed by atoms with Gasteiger partial charge in [0.1, 0.15) is 5.75 Å². The molecular weight excluding hydrogens is 402 g/mol. The monoisotopic (exact) mass is 429 g/mol. The summed E-state index contributed by atoms with van der Waals surface area (Å²) in [5, 5.41) is 9.41. The quantitative estimate of drug-likeness (QED) is 0.717. The molecule has 1 unspecified atom stereocenters. The van der Waals surface area contributed by atoms with E-state index in [1.807, 2.05) is 30.3 Å². The number of benzene rings is 2. The zero-order valence-corrected chi connectivity index (χ0v) is 17.9. The van der Waals surface area contributed by atoms with Crippen molar-refractivity contribution in [3.05, 3.63) is 41.5 Å². The van der Waals surface area contributed by atoms with E-state index in [0.717, 1.165) is 11.1 Å². The van der Waals surface area contributed by atoms with Crippen LogP contribution in [0.2, 0.25) is 0 Å². The van der Waals surface area contributed by atoms with Crippen LogP contribution in [0.5, 0.6) is 28.7 Å². The molecule has 8 heteroatoms. The molecule has 166 valence electrons. The Kier molecular flexibility index (Phi) is 6.08. The van der Waals surface area contributed by atoms with Gasteiger partial charge in [0.15, 0.2) is 23.0 Å². The second-order valence-electron chi connectivity index (χ2n) is 7.61. The fourth-order valence-electron chi connectivity index (χ4n) is 4.34. The molecule has 2 aromatic rings. The number of carbonyl (C=O) groups is 1. The van der Waals surface area contributed by atoms with Gasteiger partial charge < -0.3 is 28.8 Å². The number of ether oxygens (including phenoxy) is 5. The highest BCUT2D eigenvalue weighted by molar-refractivity contribution is 5.70. The van der Waals surface area contributed by atoms with Crippen LogP contribution in [-0.4, -0.2) is 57.2 Å². The first-order valence-electron chi connectivity index (χ1n) is 10.2. The Labute approximate surface area is 181 Å². The van der Waals surface area contributed by atoms with Crippen LogP contribution in [0.4, 0.5) is 0 Å². The number of aliphatic carboxylic acids is 1. The van der Waals surface area contributed by atoms with Crippen molar-refractivity contribution < 1.29 is 33.6 Å². The molecule has 31 heavy (non-hydrogen) atoms. The van der Waals surface area contributed by atoms with Gasteiger partial charge in [-0.1, -0.05) is 6.07 Å². The predicted octanol–water partition coefficient (Wildman–Crippen LogP) is 3.33. The average Bonchev–Trinajstić information content (AvgIpc) is 3.27. The van der Waals surface area contributed by atoms with Gasteiger partial charge in [0.25, 0.3) is 0 Å². The third-order valence-electron chi connectivity index (χ3n) is 5.99. The molecule has 1 N–H and O–H groups in total. The third-order valence-corrected chi connectivity index (χ3v) is 5.99. The van der Waals surface area contributed by atoms with E-state index >= 15 is 0 Å². The number of carboxylic acid groups (broad SMARTS) is 1. The number of fused-ring (bicyclic) bond motifs is 1.